The second kappa shape index (κ2) is 5.12. The first kappa shape index (κ1) is 12.7. The summed E-state index contributed by atoms with van der Waals surface area (Å²) in [5, 5.41) is 0. The Morgan fingerprint density at radius 1 is 1.19 bits per heavy atom. The van der Waals surface area contributed by atoms with Crippen molar-refractivity contribution in [2.45, 2.75) is 26.4 Å². The fourth-order valence-electron chi connectivity index (χ4n) is 1.14. The largest absolute Gasteiger partial charge is 0.497 e. The summed E-state index contributed by atoms with van der Waals surface area (Å²) in [6.07, 6.45) is 0. The average Bonchev–Trinajstić information content (AvgIpc) is 2.25. The number of carbonyl (C=O) groups is 1. The Morgan fingerprint density at radius 3 is 2.19 bits per heavy atom. The minimum absolute atomic E-state index is 0.0161. The van der Waals surface area contributed by atoms with E-state index in [9.17, 15) is 4.79 Å². The molecular formula is C13H18O3. The summed E-state index contributed by atoms with van der Waals surface area (Å²) in [6.45, 7) is 5.88. The van der Waals surface area contributed by atoms with Crippen LogP contribution in [0.1, 0.15) is 31.1 Å². The molecule has 0 spiro atoms. The van der Waals surface area contributed by atoms with Gasteiger partial charge < -0.3 is 9.47 Å². The Bertz CT molecular complexity index is 346. The van der Waals surface area contributed by atoms with Gasteiger partial charge in [-0.2, -0.15) is 0 Å². The van der Waals surface area contributed by atoms with Gasteiger partial charge in [0.2, 0.25) is 0 Å². The predicted octanol–water partition coefficient (Wildman–Crippen LogP) is 2.69. The SMILES string of the molecule is COc1ccc(C(=O)COC(C)(C)C)cc1. The maximum atomic E-state index is 11.7. The van der Waals surface area contributed by atoms with E-state index < -0.39 is 0 Å². The van der Waals surface area contributed by atoms with Crippen LogP contribution >= 0.6 is 0 Å². The van der Waals surface area contributed by atoms with Crippen molar-refractivity contribution in [3.63, 3.8) is 0 Å². The van der Waals surface area contributed by atoms with Crippen LogP contribution in [0.2, 0.25) is 0 Å². The van der Waals surface area contributed by atoms with Crippen LogP contribution in [0.15, 0.2) is 24.3 Å². The highest BCUT2D eigenvalue weighted by atomic mass is 16.5. The Morgan fingerprint density at radius 2 is 1.75 bits per heavy atom. The number of carbonyl (C=O) groups excluding carboxylic acids is 1. The zero-order valence-electron chi connectivity index (χ0n) is 10.2. The molecule has 0 aliphatic rings. The third-order valence-corrected chi connectivity index (χ3v) is 2.05. The summed E-state index contributed by atoms with van der Waals surface area (Å²) >= 11 is 0. The van der Waals surface area contributed by atoms with Crippen molar-refractivity contribution in [1.82, 2.24) is 0 Å². The molecule has 0 heterocycles. The van der Waals surface area contributed by atoms with Crippen molar-refractivity contribution in [2.75, 3.05) is 13.7 Å². The van der Waals surface area contributed by atoms with Crippen LogP contribution in [-0.2, 0) is 4.74 Å². The quantitative estimate of drug-likeness (QED) is 0.735. The molecule has 3 nitrogen and oxygen atoms in total. The Labute approximate surface area is 96.4 Å². The van der Waals surface area contributed by atoms with Gasteiger partial charge in [-0.3, -0.25) is 4.79 Å². The number of rotatable bonds is 4. The van der Waals surface area contributed by atoms with E-state index in [2.05, 4.69) is 0 Å². The van der Waals surface area contributed by atoms with Crippen LogP contribution in [0, 0.1) is 0 Å². The number of methoxy groups -OCH3 is 1. The van der Waals surface area contributed by atoms with E-state index >= 15 is 0 Å². The van der Waals surface area contributed by atoms with Gasteiger partial charge in [-0.1, -0.05) is 0 Å². The number of benzene rings is 1. The van der Waals surface area contributed by atoms with Gasteiger partial charge in [0.25, 0.3) is 0 Å². The smallest absolute Gasteiger partial charge is 0.188 e. The monoisotopic (exact) mass is 222 g/mol. The molecular weight excluding hydrogens is 204 g/mol. The van der Waals surface area contributed by atoms with Crippen molar-refractivity contribution in [2.24, 2.45) is 0 Å². The van der Waals surface area contributed by atoms with Crippen molar-refractivity contribution < 1.29 is 14.3 Å². The van der Waals surface area contributed by atoms with Crippen molar-refractivity contribution in [1.29, 1.82) is 0 Å². The molecule has 0 amide bonds. The molecule has 16 heavy (non-hydrogen) atoms. The van der Waals surface area contributed by atoms with E-state index in [0.717, 1.165) is 5.75 Å². The molecule has 0 N–H and O–H groups in total. The maximum Gasteiger partial charge on any atom is 0.188 e. The molecule has 0 aliphatic carbocycles. The summed E-state index contributed by atoms with van der Waals surface area (Å²) < 4.78 is 10.4. The maximum absolute atomic E-state index is 11.7. The molecule has 0 bridgehead atoms. The van der Waals surface area contributed by atoms with E-state index in [-0.39, 0.29) is 18.0 Å². The zero-order valence-corrected chi connectivity index (χ0v) is 10.2. The number of ether oxygens (including phenoxy) is 2. The van der Waals surface area contributed by atoms with Gasteiger partial charge in [-0.25, -0.2) is 0 Å². The molecule has 1 aromatic rings. The fraction of sp³-hybridized carbons (Fsp3) is 0.462. The van der Waals surface area contributed by atoms with Gasteiger partial charge in [0.1, 0.15) is 12.4 Å². The van der Waals surface area contributed by atoms with Crippen molar-refractivity contribution in [3.8, 4) is 5.75 Å². The van der Waals surface area contributed by atoms with E-state index in [4.69, 9.17) is 9.47 Å². The molecule has 0 radical (unpaired) electrons. The molecule has 1 aromatic carbocycles. The number of hydrogen-bond acceptors (Lipinski definition) is 3. The predicted molar refractivity (Wildman–Crippen MR) is 63.0 cm³/mol. The third kappa shape index (κ3) is 4.03. The molecule has 3 heteroatoms. The zero-order chi connectivity index (χ0) is 12.2. The lowest BCUT2D eigenvalue weighted by Crippen LogP contribution is -2.23. The van der Waals surface area contributed by atoms with Gasteiger partial charge in [0.05, 0.1) is 12.7 Å². The first-order chi connectivity index (χ1) is 7.42. The van der Waals surface area contributed by atoms with Gasteiger partial charge >= 0.3 is 0 Å². The molecule has 88 valence electrons. The summed E-state index contributed by atoms with van der Waals surface area (Å²) in [4.78, 5) is 11.7. The van der Waals surface area contributed by atoms with Gasteiger partial charge in [-0.05, 0) is 45.0 Å². The number of hydrogen-bond donors (Lipinski definition) is 0. The first-order valence-corrected chi connectivity index (χ1v) is 5.23. The second-order valence-corrected chi connectivity index (χ2v) is 4.55. The minimum Gasteiger partial charge on any atom is -0.497 e. The normalized spacial score (nSPS) is 11.2. The average molecular weight is 222 g/mol. The van der Waals surface area contributed by atoms with E-state index in [0.29, 0.717) is 5.56 Å². The lowest BCUT2D eigenvalue weighted by atomic mass is 10.1. The highest BCUT2D eigenvalue weighted by Crippen LogP contribution is 2.13. The van der Waals surface area contributed by atoms with Crippen LogP contribution in [0.5, 0.6) is 5.75 Å². The standard InChI is InChI=1S/C13H18O3/c1-13(2,3)16-9-12(14)10-5-7-11(15-4)8-6-10/h5-8H,9H2,1-4H3. The molecule has 1 rings (SSSR count). The summed E-state index contributed by atoms with van der Waals surface area (Å²) in [6, 6.07) is 7.02. The lowest BCUT2D eigenvalue weighted by molar-refractivity contribution is 0.00306. The number of ketones is 1. The summed E-state index contributed by atoms with van der Waals surface area (Å²) in [5.41, 5.74) is 0.354. The Kier molecular flexibility index (Phi) is 4.07. The van der Waals surface area contributed by atoms with Crippen LogP contribution in [-0.4, -0.2) is 25.1 Å². The highest BCUT2D eigenvalue weighted by Gasteiger charge is 2.13. The van der Waals surface area contributed by atoms with Crippen LogP contribution in [0.3, 0.4) is 0 Å². The van der Waals surface area contributed by atoms with Crippen LogP contribution in [0.4, 0.5) is 0 Å². The molecule has 0 atom stereocenters. The summed E-state index contributed by atoms with van der Waals surface area (Å²) in [7, 11) is 1.60. The lowest BCUT2D eigenvalue weighted by Gasteiger charge is -2.18. The van der Waals surface area contributed by atoms with E-state index in [1.54, 1.807) is 31.4 Å². The molecule has 0 saturated heterocycles. The van der Waals surface area contributed by atoms with E-state index in [1.807, 2.05) is 20.8 Å². The van der Waals surface area contributed by atoms with Crippen molar-refractivity contribution >= 4 is 5.78 Å². The molecule has 0 fully saturated rings. The Hall–Kier alpha value is -1.35. The van der Waals surface area contributed by atoms with Gasteiger partial charge in [-0.15, -0.1) is 0 Å². The fourth-order valence-corrected chi connectivity index (χ4v) is 1.14. The second-order valence-electron chi connectivity index (χ2n) is 4.55. The van der Waals surface area contributed by atoms with Crippen LogP contribution in [0.25, 0.3) is 0 Å². The highest BCUT2D eigenvalue weighted by molar-refractivity contribution is 5.97. The van der Waals surface area contributed by atoms with E-state index in [1.165, 1.54) is 0 Å². The molecule has 0 unspecified atom stereocenters. The third-order valence-electron chi connectivity index (χ3n) is 2.05. The first-order valence-electron chi connectivity index (χ1n) is 5.23. The molecule has 0 aromatic heterocycles. The van der Waals surface area contributed by atoms with Crippen molar-refractivity contribution in [3.05, 3.63) is 29.8 Å². The molecule has 0 saturated carbocycles. The van der Waals surface area contributed by atoms with Gasteiger partial charge in [0.15, 0.2) is 5.78 Å². The molecule has 0 aliphatic heterocycles. The van der Waals surface area contributed by atoms with Gasteiger partial charge in [0, 0.05) is 5.56 Å². The minimum atomic E-state index is -0.290. The summed E-state index contributed by atoms with van der Waals surface area (Å²) in [5.74, 6) is 0.728. The van der Waals surface area contributed by atoms with Crippen LogP contribution < -0.4 is 4.74 Å². The Balaban J connectivity index is 2.59. The topological polar surface area (TPSA) is 35.5 Å². The number of Topliss-reactive ketones (excluding diaryl/α,β-unsaturated/α-hetero) is 1.